The minimum atomic E-state index is -4.76. The molecule has 0 atom stereocenters. The second-order valence-corrected chi connectivity index (χ2v) is 24.8. The first-order valence-electron chi connectivity index (χ1n) is 21.6. The Bertz CT molecular complexity index is 4980. The molecular formula is C48H24GaN8O12S4. The van der Waals surface area contributed by atoms with Gasteiger partial charge in [0.05, 0.1) is 0 Å². The molecule has 4 N–H and O–H groups in total. The van der Waals surface area contributed by atoms with E-state index < -0.39 is 48.2 Å². The van der Waals surface area contributed by atoms with Gasteiger partial charge in [-0.3, -0.25) is 0 Å². The van der Waals surface area contributed by atoms with Crippen LogP contribution in [0.1, 0.15) is 22.3 Å². The Morgan fingerprint density at radius 1 is 0.425 bits per heavy atom. The zero-order chi connectivity index (χ0) is 50.0. The molecule has 73 heavy (non-hydrogen) atoms. The van der Waals surface area contributed by atoms with Gasteiger partial charge in [-0.2, -0.15) is 0 Å². The van der Waals surface area contributed by atoms with Gasteiger partial charge < -0.3 is 0 Å². The monoisotopic (exact) mass is 1100 g/mol. The van der Waals surface area contributed by atoms with Gasteiger partial charge in [0.2, 0.25) is 0 Å². The van der Waals surface area contributed by atoms with Gasteiger partial charge in [-0.1, -0.05) is 0 Å². The summed E-state index contributed by atoms with van der Waals surface area (Å²) in [4.78, 5) is 30.9. The summed E-state index contributed by atoms with van der Waals surface area (Å²) in [6, 6.07) is 32.7. The van der Waals surface area contributed by atoms with Crippen LogP contribution >= 0.6 is 12.0 Å². The number of nitrogens with zero attached hydrogens (tertiary/aromatic N) is 8. The number of aliphatic imine (C=N–C) groups is 4. The predicted molar refractivity (Wildman–Crippen MR) is 271 cm³/mol. The number of benzene rings is 8. The number of fused-ring (bicyclic) bond motifs is 18. The van der Waals surface area contributed by atoms with Gasteiger partial charge in [0, 0.05) is 0 Å². The predicted octanol–water partition coefficient (Wildman–Crippen LogP) is 7.25. The maximum atomic E-state index is 13.0. The van der Waals surface area contributed by atoms with Crippen LogP contribution in [0.3, 0.4) is 0 Å². The Morgan fingerprint density at radius 2 is 0.822 bits per heavy atom. The van der Waals surface area contributed by atoms with Gasteiger partial charge in [-0.25, -0.2) is 0 Å². The van der Waals surface area contributed by atoms with E-state index >= 15 is 0 Å². The summed E-state index contributed by atoms with van der Waals surface area (Å²) in [5, 5.41) is 18.1. The fourth-order valence-electron chi connectivity index (χ4n) is 10.2. The van der Waals surface area contributed by atoms with Crippen molar-refractivity contribution in [3.8, 4) is 0 Å². The average Bonchev–Trinajstić information content (AvgIpc) is 4.03. The molecule has 4 aliphatic rings. The molecule has 0 saturated carbocycles. The molecule has 14 rings (SSSR count). The van der Waals surface area contributed by atoms with Crippen LogP contribution in [0.4, 0.5) is 11.6 Å². The Kier molecular flexibility index (Phi) is 9.38. The van der Waals surface area contributed by atoms with E-state index in [1.54, 1.807) is 66.7 Å². The van der Waals surface area contributed by atoms with Crippen LogP contribution in [0.5, 0.6) is 0 Å². The van der Waals surface area contributed by atoms with Crippen molar-refractivity contribution < 1.29 is 53.5 Å². The molecule has 8 aromatic carbocycles. The molecule has 4 aliphatic heterocycles. The van der Waals surface area contributed by atoms with Gasteiger partial charge in [-0.05, 0) is 0 Å². The van der Waals surface area contributed by atoms with Crippen molar-refractivity contribution in [2.24, 2.45) is 30.0 Å². The van der Waals surface area contributed by atoms with Crippen LogP contribution in [-0.4, -0.2) is 91.9 Å². The second-order valence-electron chi connectivity index (χ2n) is 17.3. The van der Waals surface area contributed by atoms with Crippen molar-refractivity contribution >= 4 is 160 Å². The van der Waals surface area contributed by atoms with Crippen LogP contribution in [0.2, 0.25) is 0 Å². The van der Waals surface area contributed by atoms with Crippen molar-refractivity contribution in [2.45, 2.75) is 19.6 Å². The van der Waals surface area contributed by atoms with Gasteiger partial charge in [0.15, 0.2) is 0 Å². The molecule has 0 aliphatic carbocycles. The summed E-state index contributed by atoms with van der Waals surface area (Å²) in [7, 11) is -14.2. The summed E-state index contributed by atoms with van der Waals surface area (Å²) < 4.78 is 118. The molecular weight excluding hydrogens is 1080 g/mol. The fourth-order valence-corrected chi connectivity index (χ4v) is 15.8. The molecule has 0 amide bonds. The molecule has 0 unspecified atom stereocenters. The SMILES string of the molecule is O=S(=O)(O)c1cccc2cc3c(cc12)C1=Nc2c4cc5cccc(S(=O)(=O)O)c5cc4c4[n]2[Ga][n]2c(c5cc6cccc(S(=O)(=O)O)c6cc5c2=NC3=N1)=NC1=NC(=N4)c2cc3cccc(SOOO)c3cc21. The zero-order valence-corrected chi connectivity index (χ0v) is 42.1. The summed E-state index contributed by atoms with van der Waals surface area (Å²) in [6.45, 7) is 0. The standard InChI is InChI=1S/C48H24N8O12S4.Ga/c57-67-68-69-37-9-1-5-21-13-29-33(17-25(21)37)45-49-41(29)51-46-35-19-27-23(7-3-11-39(27)71(61,62)63)15-31(35)43(53-46)55-48-36-20-28-24(8-4-12-40(28)72(64,65)66)16-32(36)44(56-48)54-47-34-18-26-22(14-30(34)42(50-45)52-47)6-2-10-38(26)70(58,59)60;/h1-20H,(H4-2,49,50,51,52,53,54,55,56,57,58,59,60,61,62,63,64,65,66);/q-2;+2. The first-order chi connectivity index (χ1) is 35.0. The zero-order valence-electron chi connectivity index (χ0n) is 36.4. The Labute approximate surface area is 421 Å². The van der Waals surface area contributed by atoms with Crippen molar-refractivity contribution in [3.05, 3.63) is 155 Å². The molecule has 0 saturated heterocycles. The molecule has 1 radical (unpaired) electrons. The fraction of sp³-hybridized carbons (Fsp3) is 0. The maximum absolute atomic E-state index is 13.0. The van der Waals surface area contributed by atoms with Crippen molar-refractivity contribution in [1.82, 2.24) is 6.55 Å². The molecule has 2 aromatic heterocycles. The molecule has 10 aromatic rings. The van der Waals surface area contributed by atoms with Crippen LogP contribution < -0.4 is 11.0 Å². The summed E-state index contributed by atoms with van der Waals surface area (Å²) in [5.41, 5.74) is 2.53. The molecule has 6 bridgehead atoms. The van der Waals surface area contributed by atoms with Gasteiger partial charge >= 0.3 is 424 Å². The average molecular weight is 1100 g/mol. The van der Waals surface area contributed by atoms with E-state index in [1.807, 2.05) is 24.7 Å². The van der Waals surface area contributed by atoms with Crippen LogP contribution in [0.25, 0.3) is 64.6 Å². The summed E-state index contributed by atoms with van der Waals surface area (Å²) in [6.07, 6.45) is 0. The Balaban J connectivity index is 1.20. The quantitative estimate of drug-likeness (QED) is 0.0420. The van der Waals surface area contributed by atoms with E-state index in [2.05, 4.69) is 5.04 Å². The van der Waals surface area contributed by atoms with E-state index in [9.17, 15) is 38.9 Å². The summed E-state index contributed by atoms with van der Waals surface area (Å²) >= 11 is -1.63. The van der Waals surface area contributed by atoms with Gasteiger partial charge in [-0.15, -0.1) is 0 Å². The second kappa shape index (κ2) is 15.4. The van der Waals surface area contributed by atoms with Crippen LogP contribution in [0, 0.1) is 0 Å². The third-order valence-electron chi connectivity index (χ3n) is 13.2. The topological polar surface area (TPSA) is 286 Å². The molecule has 0 spiro atoms. The molecule has 6 heterocycles. The third-order valence-corrected chi connectivity index (χ3v) is 19.7. The molecule has 20 nitrogen and oxygen atoms in total. The minimum absolute atomic E-state index is 0.104. The van der Waals surface area contributed by atoms with E-state index in [1.165, 1.54) is 36.4 Å². The molecule has 355 valence electrons. The normalized spacial score (nSPS) is 14.9. The van der Waals surface area contributed by atoms with Crippen molar-refractivity contribution in [3.63, 3.8) is 0 Å². The Hall–Kier alpha value is -7.24. The van der Waals surface area contributed by atoms with Crippen molar-refractivity contribution in [2.75, 3.05) is 0 Å². The van der Waals surface area contributed by atoms with E-state index in [0.717, 1.165) is 17.4 Å². The number of hydrogen-bond donors (Lipinski definition) is 4. The molecule has 0 fully saturated rings. The Morgan fingerprint density at radius 3 is 1.34 bits per heavy atom. The number of rotatable bonds is 6. The van der Waals surface area contributed by atoms with Gasteiger partial charge in [0.25, 0.3) is 0 Å². The number of hydrogen-bond acceptors (Lipinski definition) is 16. The van der Waals surface area contributed by atoms with Crippen LogP contribution in [-0.2, 0) is 39.7 Å². The van der Waals surface area contributed by atoms with E-state index in [0.29, 0.717) is 81.5 Å². The first-order valence-corrected chi connectivity index (χ1v) is 28.8. The summed E-state index contributed by atoms with van der Waals surface area (Å²) in [5.74, 6) is 1.31. The third kappa shape index (κ3) is 6.72. The van der Waals surface area contributed by atoms with Crippen molar-refractivity contribution in [1.29, 1.82) is 0 Å². The van der Waals surface area contributed by atoms with E-state index in [-0.39, 0.29) is 65.5 Å². The number of amidine groups is 4. The first kappa shape index (κ1) is 44.5. The number of aromatic nitrogens is 2. The molecule has 25 heteroatoms. The van der Waals surface area contributed by atoms with Crippen LogP contribution in [0.15, 0.2) is 171 Å². The van der Waals surface area contributed by atoms with Gasteiger partial charge in [0.1, 0.15) is 0 Å². The van der Waals surface area contributed by atoms with E-state index in [4.69, 9.17) is 39.5 Å².